The third-order valence-corrected chi connectivity index (χ3v) is 8.04. The van der Waals surface area contributed by atoms with E-state index in [0.717, 1.165) is 72.4 Å². The van der Waals surface area contributed by atoms with Crippen molar-refractivity contribution in [2.45, 2.75) is 44.7 Å². The van der Waals surface area contributed by atoms with E-state index in [4.69, 9.17) is 5.10 Å². The molecule has 2 aliphatic carbocycles. The summed E-state index contributed by atoms with van der Waals surface area (Å²) in [6.45, 7) is 3.94. The Bertz CT molecular complexity index is 1240. The summed E-state index contributed by atoms with van der Waals surface area (Å²) in [5.41, 5.74) is 11.4. The third kappa shape index (κ3) is 3.25. The van der Waals surface area contributed by atoms with Crippen molar-refractivity contribution >= 4 is 23.3 Å². The number of fused-ring (bicyclic) bond motifs is 2. The lowest BCUT2D eigenvalue weighted by Crippen LogP contribution is -2.48. The van der Waals surface area contributed by atoms with Crippen molar-refractivity contribution in [1.82, 2.24) is 15.2 Å². The van der Waals surface area contributed by atoms with Crippen molar-refractivity contribution in [3.63, 3.8) is 0 Å². The van der Waals surface area contributed by atoms with E-state index in [1.54, 1.807) is 12.1 Å². The van der Waals surface area contributed by atoms with Crippen LogP contribution in [0.4, 0.5) is 4.39 Å². The minimum absolute atomic E-state index is 0.190. The maximum Gasteiger partial charge on any atom is 0.306 e. The van der Waals surface area contributed by atoms with E-state index in [2.05, 4.69) is 41.5 Å². The van der Waals surface area contributed by atoms with E-state index in [0.29, 0.717) is 6.04 Å². The fraction of sp³-hybridized carbons (Fsp3) is 0.407. The fourth-order valence-corrected chi connectivity index (χ4v) is 6.13. The van der Waals surface area contributed by atoms with Crippen LogP contribution in [0.15, 0.2) is 52.4 Å². The van der Waals surface area contributed by atoms with Crippen molar-refractivity contribution in [3.8, 4) is 0 Å². The number of allylic oxidation sites excluding steroid dienone is 2. The number of benzene rings is 1. The minimum atomic E-state index is -0.672. The number of carbonyl (C=O) groups is 1. The van der Waals surface area contributed by atoms with Crippen LogP contribution in [0.1, 0.15) is 49.3 Å². The van der Waals surface area contributed by atoms with Gasteiger partial charge in [-0.2, -0.15) is 5.10 Å². The summed E-state index contributed by atoms with van der Waals surface area (Å²) >= 11 is 0. The summed E-state index contributed by atoms with van der Waals surface area (Å²) in [4.78, 5) is 15.9. The molecule has 3 heterocycles. The van der Waals surface area contributed by atoms with Crippen molar-refractivity contribution in [2.75, 3.05) is 20.1 Å². The van der Waals surface area contributed by atoms with Crippen LogP contribution in [0.2, 0.25) is 0 Å². The van der Waals surface area contributed by atoms with Gasteiger partial charge in [0.2, 0.25) is 0 Å². The maximum absolute atomic E-state index is 14.6. The van der Waals surface area contributed by atoms with Crippen molar-refractivity contribution in [3.05, 3.63) is 69.8 Å². The van der Waals surface area contributed by atoms with Crippen LogP contribution >= 0.6 is 0 Å². The van der Waals surface area contributed by atoms with E-state index in [1.165, 1.54) is 11.1 Å². The first-order valence-corrected chi connectivity index (χ1v) is 12.1. The molecule has 7 heteroatoms. The first-order valence-electron chi connectivity index (χ1n) is 12.1. The average molecular weight is 461 g/mol. The van der Waals surface area contributed by atoms with Gasteiger partial charge < -0.3 is 10.0 Å². The Labute approximate surface area is 198 Å². The molecule has 0 bridgehead atoms. The molecule has 0 radical (unpaired) electrons. The quantitative estimate of drug-likeness (QED) is 0.712. The average Bonchev–Trinajstić information content (AvgIpc) is 3.11. The van der Waals surface area contributed by atoms with Crippen molar-refractivity contribution < 1.29 is 14.3 Å². The second kappa shape index (κ2) is 7.94. The van der Waals surface area contributed by atoms with Gasteiger partial charge in [-0.1, -0.05) is 19.1 Å². The lowest BCUT2D eigenvalue weighted by Gasteiger charge is -2.43. The number of nitrogens with one attached hydrogen (secondary N) is 1. The largest absolute Gasteiger partial charge is 0.481 e. The highest BCUT2D eigenvalue weighted by atomic mass is 19.1. The molecule has 6 rings (SSSR count). The SMILES string of the molecule is CC[C@H]1C(C2=CCN([C@H]3C[C@@H](C(=O)O)C3)CC2)=C2NN=C3C=Cc4cc(F)cc(c43)C2=CN1C. The number of rotatable bonds is 4. The molecule has 176 valence electrons. The number of hydrogen-bond acceptors (Lipinski definition) is 5. The maximum atomic E-state index is 14.6. The summed E-state index contributed by atoms with van der Waals surface area (Å²) in [6.07, 6.45) is 11.6. The molecular formula is C27H29FN4O2. The highest BCUT2D eigenvalue weighted by Gasteiger charge is 2.39. The predicted molar refractivity (Wildman–Crippen MR) is 130 cm³/mol. The van der Waals surface area contributed by atoms with Crippen LogP contribution in [0, 0.1) is 11.7 Å². The van der Waals surface area contributed by atoms with Crippen LogP contribution < -0.4 is 5.43 Å². The van der Waals surface area contributed by atoms with E-state index in [-0.39, 0.29) is 17.8 Å². The summed E-state index contributed by atoms with van der Waals surface area (Å²) in [5, 5.41) is 13.9. The van der Waals surface area contributed by atoms with Crippen molar-refractivity contribution in [2.24, 2.45) is 11.0 Å². The molecule has 34 heavy (non-hydrogen) atoms. The monoisotopic (exact) mass is 460 g/mol. The van der Waals surface area contributed by atoms with Crippen LogP contribution in [-0.4, -0.2) is 58.8 Å². The topological polar surface area (TPSA) is 68.2 Å². The lowest BCUT2D eigenvalue weighted by atomic mass is 9.78. The number of carboxylic acid groups (broad SMARTS) is 1. The zero-order valence-electron chi connectivity index (χ0n) is 19.5. The summed E-state index contributed by atoms with van der Waals surface area (Å²) < 4.78 is 14.6. The molecular weight excluding hydrogens is 431 g/mol. The number of likely N-dealkylation sites (N-methyl/N-ethyl adjacent to an activating group) is 1. The summed E-state index contributed by atoms with van der Waals surface area (Å²) in [6, 6.07) is 3.77. The van der Waals surface area contributed by atoms with Gasteiger partial charge in [-0.3, -0.25) is 15.1 Å². The van der Waals surface area contributed by atoms with Gasteiger partial charge in [0, 0.05) is 49.1 Å². The molecule has 3 aliphatic heterocycles. The third-order valence-electron chi connectivity index (χ3n) is 8.04. The molecule has 0 aromatic heterocycles. The molecule has 0 unspecified atom stereocenters. The molecule has 5 aliphatic rings. The molecule has 0 amide bonds. The van der Waals surface area contributed by atoms with Gasteiger partial charge in [-0.25, -0.2) is 4.39 Å². The van der Waals surface area contributed by atoms with E-state index in [9.17, 15) is 14.3 Å². The number of halogens is 1. The van der Waals surface area contributed by atoms with Gasteiger partial charge in [0.1, 0.15) is 5.82 Å². The first-order chi connectivity index (χ1) is 16.4. The smallest absolute Gasteiger partial charge is 0.306 e. The standard InChI is InChI=1S/C27H29FN4O2/c1-3-23-25(15-6-8-32(9-7-15)19-11-17(12-19)27(33)34)26-21(14-31(23)2)20-13-18(28)10-16-4-5-22(24(16)20)29-30-26/h4-6,10,13-14,17,19,23,30H,3,7-9,11-12H2,1-2H3,(H,33,34)/t17-,19+,23-/m0/s1. The minimum Gasteiger partial charge on any atom is -0.481 e. The van der Waals surface area contributed by atoms with E-state index in [1.807, 2.05) is 12.2 Å². The normalized spacial score (nSPS) is 27.7. The predicted octanol–water partition coefficient (Wildman–Crippen LogP) is 3.97. The molecule has 1 saturated carbocycles. The number of nitrogens with zero attached hydrogens (tertiary/aromatic N) is 3. The lowest BCUT2D eigenvalue weighted by molar-refractivity contribution is -0.147. The Kier molecular flexibility index (Phi) is 4.99. The number of carboxylic acids is 1. The van der Waals surface area contributed by atoms with Crippen LogP contribution in [0.5, 0.6) is 0 Å². The molecule has 0 spiro atoms. The van der Waals surface area contributed by atoms with Gasteiger partial charge >= 0.3 is 5.97 Å². The van der Waals surface area contributed by atoms with Crippen LogP contribution in [-0.2, 0) is 4.79 Å². The zero-order chi connectivity index (χ0) is 23.6. The van der Waals surface area contributed by atoms with Gasteiger partial charge in [0.05, 0.1) is 23.4 Å². The van der Waals surface area contributed by atoms with Gasteiger partial charge in [-0.05, 0) is 60.6 Å². The molecule has 1 aromatic carbocycles. The van der Waals surface area contributed by atoms with Crippen LogP contribution in [0.25, 0.3) is 11.6 Å². The Morgan fingerprint density at radius 3 is 2.82 bits per heavy atom. The molecule has 0 saturated heterocycles. The van der Waals surface area contributed by atoms with E-state index < -0.39 is 5.97 Å². The second-order valence-electron chi connectivity index (χ2n) is 9.92. The second-order valence-corrected chi connectivity index (χ2v) is 9.92. The highest BCUT2D eigenvalue weighted by molar-refractivity contribution is 6.20. The summed E-state index contributed by atoms with van der Waals surface area (Å²) in [5.74, 6) is -1.10. The van der Waals surface area contributed by atoms with Gasteiger partial charge in [-0.15, -0.1) is 0 Å². The number of aliphatic carboxylic acids is 1. The molecule has 2 N–H and O–H groups in total. The first kappa shape index (κ1) is 21.4. The Balaban J connectivity index is 1.38. The molecule has 1 fully saturated rings. The number of hydrazone groups is 1. The number of hydrogen-bond donors (Lipinski definition) is 2. The Morgan fingerprint density at radius 2 is 2.12 bits per heavy atom. The van der Waals surface area contributed by atoms with Crippen LogP contribution in [0.3, 0.4) is 0 Å². The van der Waals surface area contributed by atoms with E-state index >= 15 is 0 Å². The van der Waals surface area contributed by atoms with Crippen molar-refractivity contribution in [1.29, 1.82) is 0 Å². The van der Waals surface area contributed by atoms with Gasteiger partial charge in [0.15, 0.2) is 0 Å². The highest BCUT2D eigenvalue weighted by Crippen LogP contribution is 2.43. The Hall–Kier alpha value is -3.19. The zero-order valence-corrected chi connectivity index (χ0v) is 19.5. The summed E-state index contributed by atoms with van der Waals surface area (Å²) in [7, 11) is 2.10. The molecule has 1 aromatic rings. The fourth-order valence-electron chi connectivity index (χ4n) is 6.13. The molecule has 6 nitrogen and oxygen atoms in total. The molecule has 1 atom stereocenters. The van der Waals surface area contributed by atoms with Gasteiger partial charge in [0.25, 0.3) is 0 Å². The Morgan fingerprint density at radius 1 is 1.29 bits per heavy atom.